The first kappa shape index (κ1) is 18.7. The van der Waals surface area contributed by atoms with Crippen LogP contribution < -0.4 is 10.3 Å². The van der Waals surface area contributed by atoms with Gasteiger partial charge in [0.05, 0.1) is 25.1 Å². The Morgan fingerprint density at radius 2 is 2.12 bits per heavy atom. The van der Waals surface area contributed by atoms with Gasteiger partial charge in [-0.1, -0.05) is 0 Å². The van der Waals surface area contributed by atoms with Crippen molar-refractivity contribution < 1.29 is 13.2 Å². The van der Waals surface area contributed by atoms with Gasteiger partial charge in [0, 0.05) is 49.7 Å². The molecule has 1 saturated heterocycles. The van der Waals surface area contributed by atoms with E-state index in [1.165, 1.54) is 21.2 Å². The van der Waals surface area contributed by atoms with E-state index in [1.807, 2.05) is 17.8 Å². The molecule has 1 fully saturated rings. The summed E-state index contributed by atoms with van der Waals surface area (Å²) >= 11 is 0. The van der Waals surface area contributed by atoms with E-state index in [1.54, 1.807) is 19.4 Å². The van der Waals surface area contributed by atoms with Crippen LogP contribution in [0.25, 0.3) is 11.1 Å². The summed E-state index contributed by atoms with van der Waals surface area (Å²) < 4.78 is 34.1. The minimum Gasteiger partial charge on any atom is -0.493 e. The highest BCUT2D eigenvalue weighted by molar-refractivity contribution is 7.88. The molecule has 3 rings (SSSR count). The van der Waals surface area contributed by atoms with Gasteiger partial charge < -0.3 is 9.30 Å². The molecule has 0 bridgehead atoms. The molecule has 0 aromatic carbocycles. The van der Waals surface area contributed by atoms with Gasteiger partial charge in [-0.2, -0.15) is 5.10 Å². The smallest absolute Gasteiger partial charge is 0.254 e. The summed E-state index contributed by atoms with van der Waals surface area (Å²) in [6.45, 7) is 3.30. The maximum atomic E-state index is 11.9. The van der Waals surface area contributed by atoms with Crippen LogP contribution in [0.1, 0.15) is 25.8 Å². The number of aryl methyl sites for hydroxylation is 1. The second-order valence-electron chi connectivity index (χ2n) is 6.56. The molecule has 1 aliphatic rings. The van der Waals surface area contributed by atoms with Crippen molar-refractivity contribution >= 4 is 10.0 Å². The van der Waals surface area contributed by atoms with E-state index in [4.69, 9.17) is 4.74 Å². The van der Waals surface area contributed by atoms with Crippen molar-refractivity contribution in [3.05, 3.63) is 35.0 Å². The molecular weight excluding hydrogens is 356 g/mol. The molecule has 142 valence electrons. The molecule has 0 N–H and O–H groups in total. The van der Waals surface area contributed by atoms with Crippen molar-refractivity contribution in [1.29, 1.82) is 0 Å². The Hall–Kier alpha value is -2.13. The zero-order valence-corrected chi connectivity index (χ0v) is 16.1. The molecule has 1 unspecified atom stereocenters. The van der Waals surface area contributed by atoms with Gasteiger partial charge in [0.25, 0.3) is 5.56 Å². The van der Waals surface area contributed by atoms with E-state index in [0.717, 1.165) is 24.0 Å². The summed E-state index contributed by atoms with van der Waals surface area (Å²) in [5.41, 5.74) is 1.48. The molecule has 0 saturated carbocycles. The first-order valence-corrected chi connectivity index (χ1v) is 10.5. The quantitative estimate of drug-likeness (QED) is 0.779. The predicted molar refractivity (Wildman–Crippen MR) is 98.8 cm³/mol. The summed E-state index contributed by atoms with van der Waals surface area (Å²) in [6, 6.07) is 1.47. The van der Waals surface area contributed by atoms with Crippen LogP contribution >= 0.6 is 0 Å². The predicted octanol–water partition coefficient (Wildman–Crippen LogP) is 1.24. The highest BCUT2D eigenvalue weighted by Gasteiger charge is 2.27. The van der Waals surface area contributed by atoms with Crippen LogP contribution in [0.5, 0.6) is 5.75 Å². The third kappa shape index (κ3) is 3.83. The highest BCUT2D eigenvalue weighted by Crippen LogP contribution is 2.30. The molecule has 0 radical (unpaired) electrons. The van der Waals surface area contributed by atoms with Gasteiger partial charge in [-0.3, -0.25) is 9.48 Å². The molecule has 3 heterocycles. The fraction of sp³-hybridized carbons (Fsp3) is 0.529. The molecule has 8 nitrogen and oxygen atoms in total. The lowest BCUT2D eigenvalue weighted by Gasteiger charge is -2.30. The van der Waals surface area contributed by atoms with Crippen LogP contribution in [-0.2, 0) is 17.1 Å². The van der Waals surface area contributed by atoms with Crippen LogP contribution in [0.3, 0.4) is 0 Å². The normalized spacial score (nSPS) is 18.8. The zero-order valence-electron chi connectivity index (χ0n) is 15.3. The molecular formula is C17H24N4O4S. The molecule has 2 aromatic heterocycles. The largest absolute Gasteiger partial charge is 0.493 e. The van der Waals surface area contributed by atoms with Crippen molar-refractivity contribution in [2.45, 2.75) is 25.8 Å². The molecule has 9 heteroatoms. The van der Waals surface area contributed by atoms with Crippen LogP contribution in [0.15, 0.2) is 29.5 Å². The zero-order chi connectivity index (χ0) is 18.9. The van der Waals surface area contributed by atoms with Crippen molar-refractivity contribution in [2.75, 3.05) is 26.0 Å². The summed E-state index contributed by atoms with van der Waals surface area (Å²) in [4.78, 5) is 11.9. The number of pyridine rings is 1. The Morgan fingerprint density at radius 3 is 2.81 bits per heavy atom. The van der Waals surface area contributed by atoms with Gasteiger partial charge >= 0.3 is 0 Å². The number of sulfonamides is 1. The minimum absolute atomic E-state index is 0.00435. The second kappa shape index (κ2) is 7.24. The average molecular weight is 380 g/mol. The summed E-state index contributed by atoms with van der Waals surface area (Å²) in [6.07, 6.45) is 8.26. The Balaban J connectivity index is 1.91. The summed E-state index contributed by atoms with van der Waals surface area (Å²) in [5.74, 6) is 0.525. The van der Waals surface area contributed by atoms with Crippen molar-refractivity contribution in [2.24, 2.45) is 7.05 Å². The maximum absolute atomic E-state index is 11.9. The minimum atomic E-state index is -3.20. The third-order valence-corrected chi connectivity index (χ3v) is 5.87. The number of rotatable bonds is 5. The van der Waals surface area contributed by atoms with Gasteiger partial charge in [-0.25, -0.2) is 12.7 Å². The van der Waals surface area contributed by atoms with Crippen LogP contribution in [0.2, 0.25) is 0 Å². The van der Waals surface area contributed by atoms with Gasteiger partial charge in [-0.05, 0) is 19.8 Å². The highest BCUT2D eigenvalue weighted by atomic mass is 32.2. The molecule has 26 heavy (non-hydrogen) atoms. The number of hydrogen-bond acceptors (Lipinski definition) is 5. The van der Waals surface area contributed by atoms with Crippen LogP contribution in [0, 0.1) is 0 Å². The lowest BCUT2D eigenvalue weighted by atomic mass is 10.1. The van der Waals surface area contributed by atoms with Gasteiger partial charge in [0.2, 0.25) is 10.0 Å². The van der Waals surface area contributed by atoms with Crippen molar-refractivity contribution in [3.63, 3.8) is 0 Å². The molecule has 1 aliphatic heterocycles. The van der Waals surface area contributed by atoms with Gasteiger partial charge in [-0.15, -0.1) is 0 Å². The van der Waals surface area contributed by atoms with E-state index in [9.17, 15) is 13.2 Å². The third-order valence-electron chi connectivity index (χ3n) is 4.61. The van der Waals surface area contributed by atoms with Crippen molar-refractivity contribution in [1.82, 2.24) is 18.7 Å². The summed E-state index contributed by atoms with van der Waals surface area (Å²) in [7, 11) is -1.51. The van der Waals surface area contributed by atoms with Crippen LogP contribution in [0.4, 0.5) is 0 Å². The van der Waals surface area contributed by atoms with E-state index in [2.05, 4.69) is 5.10 Å². The number of nitrogens with zero attached hydrogens (tertiary/aromatic N) is 4. The molecule has 1 atom stereocenters. The Kier molecular flexibility index (Phi) is 5.19. The molecule has 2 aromatic rings. The van der Waals surface area contributed by atoms with Gasteiger partial charge in [0.15, 0.2) is 0 Å². The maximum Gasteiger partial charge on any atom is 0.254 e. The first-order chi connectivity index (χ1) is 12.3. The standard InChI is InChI=1S/C17H24N4O4S/c1-4-25-16-8-17(22)19(2)12-15(16)13-9-18-21(10-13)14-6-5-7-20(11-14)26(3,23)24/h8-10,12,14H,4-7,11H2,1-3H3. The average Bonchev–Trinajstić information content (AvgIpc) is 3.07. The number of piperidine rings is 1. The lowest BCUT2D eigenvalue weighted by molar-refractivity contribution is 0.255. The van der Waals surface area contributed by atoms with Crippen molar-refractivity contribution in [3.8, 4) is 16.9 Å². The fourth-order valence-corrected chi connectivity index (χ4v) is 4.12. The first-order valence-electron chi connectivity index (χ1n) is 8.62. The lowest BCUT2D eigenvalue weighted by Crippen LogP contribution is -2.40. The van der Waals surface area contributed by atoms with E-state index < -0.39 is 10.0 Å². The number of ether oxygens (including phenoxy) is 1. The SMILES string of the molecule is CCOc1cc(=O)n(C)cc1-c1cnn(C2CCCN(S(C)(=O)=O)C2)c1. The molecule has 0 aliphatic carbocycles. The Morgan fingerprint density at radius 1 is 1.35 bits per heavy atom. The summed E-state index contributed by atoms with van der Waals surface area (Å²) in [5, 5.41) is 4.44. The monoisotopic (exact) mass is 380 g/mol. The van der Waals surface area contributed by atoms with E-state index in [0.29, 0.717) is 25.4 Å². The number of hydrogen-bond donors (Lipinski definition) is 0. The second-order valence-corrected chi connectivity index (χ2v) is 8.54. The Labute approximate surface area is 153 Å². The van der Waals surface area contributed by atoms with E-state index >= 15 is 0 Å². The van der Waals surface area contributed by atoms with Gasteiger partial charge in [0.1, 0.15) is 5.75 Å². The topological polar surface area (TPSA) is 86.4 Å². The molecule has 0 spiro atoms. The fourth-order valence-electron chi connectivity index (χ4n) is 3.22. The van der Waals surface area contributed by atoms with Crippen LogP contribution in [-0.4, -0.2) is 53.0 Å². The van der Waals surface area contributed by atoms with E-state index in [-0.39, 0.29) is 11.6 Å². The number of aromatic nitrogens is 3. The Bertz CT molecular complexity index is 948. The molecule has 0 amide bonds.